The van der Waals surface area contributed by atoms with Gasteiger partial charge < -0.3 is 41.0 Å². The number of carbonyl (C=O) groups excluding carboxylic acids is 1. The van der Waals surface area contributed by atoms with Gasteiger partial charge in [-0.3, -0.25) is 9.69 Å². The Hall–Kier alpha value is -2.71. The van der Waals surface area contributed by atoms with Crippen LogP contribution in [0.15, 0.2) is 6.07 Å². The largest absolute Gasteiger partial charge is 0.492 e. The molecule has 5 rings (SSSR count). The molecule has 4 aliphatic rings. The number of nitrogen functional groups attached to an aromatic ring is 1. The normalized spacial score (nSPS) is 26.1. The zero-order valence-corrected chi connectivity index (χ0v) is 22.6. The highest BCUT2D eigenvalue weighted by atomic mass is 35.5. The van der Waals surface area contributed by atoms with Gasteiger partial charge in [-0.25, -0.2) is 14.0 Å². The van der Waals surface area contributed by atoms with Gasteiger partial charge in [0.25, 0.3) is 5.91 Å². The van der Waals surface area contributed by atoms with Crippen LogP contribution in [0, 0.1) is 17.8 Å². The number of benzene rings is 1. The summed E-state index contributed by atoms with van der Waals surface area (Å²) in [6.45, 7) is 4.61. The molecule has 0 spiro atoms. The van der Waals surface area contributed by atoms with Crippen molar-refractivity contribution in [2.45, 2.75) is 43.6 Å². The Balaban J connectivity index is 0.000000318. The quantitative estimate of drug-likeness (QED) is 0.233. The van der Waals surface area contributed by atoms with E-state index in [1.807, 2.05) is 0 Å². The maximum atomic E-state index is 14.9. The number of hydrogen-bond donors (Lipinski definition) is 6. The lowest BCUT2D eigenvalue weighted by Crippen LogP contribution is -2.44. The molecule has 1 saturated carbocycles. The summed E-state index contributed by atoms with van der Waals surface area (Å²) >= 11 is 6.25. The fraction of sp³-hybridized carbons (Fsp3) is 0.654. The van der Waals surface area contributed by atoms with E-state index in [4.69, 9.17) is 47.2 Å². The van der Waals surface area contributed by atoms with Crippen LogP contribution in [0.4, 0.5) is 10.1 Å². The summed E-state index contributed by atoms with van der Waals surface area (Å²) in [4.78, 5) is 34.6. The number of fused-ring (bicyclic) bond motifs is 2. The molecular weight excluding hydrogens is 553 g/mol. The third kappa shape index (κ3) is 6.77. The minimum Gasteiger partial charge on any atom is -0.492 e. The second-order valence-electron chi connectivity index (χ2n) is 10.8. The Morgan fingerprint density at radius 1 is 1.12 bits per heavy atom. The van der Waals surface area contributed by atoms with Gasteiger partial charge in [0.05, 0.1) is 22.9 Å². The predicted molar refractivity (Wildman–Crippen MR) is 140 cm³/mol. The molecule has 0 radical (unpaired) electrons. The van der Waals surface area contributed by atoms with Crippen LogP contribution in [0.2, 0.25) is 5.02 Å². The Bertz CT molecular complexity index is 1100. The van der Waals surface area contributed by atoms with Crippen LogP contribution in [-0.4, -0.2) is 107 Å². The van der Waals surface area contributed by atoms with Crippen LogP contribution in [0.3, 0.4) is 0 Å². The standard InChI is InChI=1S/C22H29ClFN3O3.C4H6O6/c23-18-8-14(20-13(19(18)25)2-1-5-30-20)21(28)26-9-15-16-10-27(11-17(15)16)12-22(24)3-6-29-7-4-22;5-1(3(7)8)2(6)4(9)10/h8,15-17H,1-7,9-12,25H2,(H,26,28);1-2,5-6H,(H,7,8)(H,9,10)/t;1-,2-/m.1/s1. The zero-order valence-electron chi connectivity index (χ0n) is 21.9. The van der Waals surface area contributed by atoms with Gasteiger partial charge in [-0.2, -0.15) is 0 Å². The molecule has 0 aromatic heterocycles. The highest BCUT2D eigenvalue weighted by molar-refractivity contribution is 6.33. The van der Waals surface area contributed by atoms with Gasteiger partial charge in [0.15, 0.2) is 12.2 Å². The molecule has 3 aliphatic heterocycles. The number of rotatable bonds is 8. The summed E-state index contributed by atoms with van der Waals surface area (Å²) in [6, 6.07) is 1.61. The molecule has 12 nitrogen and oxygen atoms in total. The van der Waals surface area contributed by atoms with Crippen molar-refractivity contribution in [3.8, 4) is 5.75 Å². The van der Waals surface area contributed by atoms with Crippen LogP contribution >= 0.6 is 11.6 Å². The molecule has 3 fully saturated rings. The van der Waals surface area contributed by atoms with Gasteiger partial charge in [0.2, 0.25) is 0 Å². The van der Waals surface area contributed by atoms with Crippen molar-refractivity contribution in [1.29, 1.82) is 0 Å². The lowest BCUT2D eigenvalue weighted by atomic mass is 9.96. The Kier molecular flexibility index (Phi) is 9.40. The van der Waals surface area contributed by atoms with E-state index in [1.54, 1.807) is 6.07 Å². The monoisotopic (exact) mass is 587 g/mol. The zero-order chi connectivity index (χ0) is 29.2. The number of alkyl halides is 1. The molecule has 2 saturated heterocycles. The number of carboxylic acids is 2. The number of carboxylic acid groups (broad SMARTS) is 2. The van der Waals surface area contributed by atoms with Crippen molar-refractivity contribution in [2.75, 3.05) is 51.7 Å². The lowest BCUT2D eigenvalue weighted by molar-refractivity contribution is -0.165. The minimum absolute atomic E-state index is 0.165. The topological polar surface area (TPSA) is 192 Å². The van der Waals surface area contributed by atoms with Gasteiger partial charge >= 0.3 is 11.9 Å². The van der Waals surface area contributed by atoms with Crippen molar-refractivity contribution in [3.63, 3.8) is 0 Å². The van der Waals surface area contributed by atoms with E-state index < -0.39 is 29.8 Å². The second kappa shape index (κ2) is 12.4. The first kappa shape index (κ1) is 30.3. The molecule has 222 valence electrons. The van der Waals surface area contributed by atoms with Gasteiger partial charge in [0, 0.05) is 57.8 Å². The van der Waals surface area contributed by atoms with Crippen molar-refractivity contribution >= 4 is 35.1 Å². The highest BCUT2D eigenvalue weighted by Crippen LogP contribution is 2.52. The smallest absolute Gasteiger partial charge is 0.335 e. The summed E-state index contributed by atoms with van der Waals surface area (Å²) < 4.78 is 25.9. The SMILES string of the molecule is Nc1c(Cl)cc(C(=O)NCC2C3CN(CC4(F)CCOCC4)CC23)c2c1CCCO2.O=C(O)[C@H](O)[C@@H](O)C(=O)O. The summed E-state index contributed by atoms with van der Waals surface area (Å²) in [5.41, 5.74) is 6.79. The number of nitrogens with zero attached hydrogens (tertiary/aromatic N) is 1. The van der Waals surface area contributed by atoms with E-state index in [2.05, 4.69) is 10.2 Å². The molecule has 7 N–H and O–H groups in total. The maximum absolute atomic E-state index is 14.9. The summed E-state index contributed by atoms with van der Waals surface area (Å²) in [7, 11) is 0. The molecule has 4 atom stereocenters. The minimum atomic E-state index is -2.27. The number of carbonyl (C=O) groups is 3. The average Bonchev–Trinajstić information content (AvgIpc) is 3.39. The first-order valence-electron chi connectivity index (χ1n) is 13.2. The summed E-state index contributed by atoms with van der Waals surface area (Å²) in [5.74, 6) is -1.56. The summed E-state index contributed by atoms with van der Waals surface area (Å²) in [6.07, 6.45) is -1.90. The fourth-order valence-corrected chi connectivity index (χ4v) is 5.97. The molecule has 1 amide bonds. The maximum Gasteiger partial charge on any atom is 0.335 e. The number of ether oxygens (including phenoxy) is 2. The number of anilines is 1. The van der Waals surface area contributed by atoms with Gasteiger partial charge in [-0.1, -0.05) is 11.6 Å². The first-order valence-corrected chi connectivity index (χ1v) is 13.6. The molecule has 1 aliphatic carbocycles. The highest BCUT2D eigenvalue weighted by Gasteiger charge is 2.56. The Morgan fingerprint density at radius 3 is 2.30 bits per heavy atom. The first-order chi connectivity index (χ1) is 18.9. The third-order valence-electron chi connectivity index (χ3n) is 8.08. The van der Waals surface area contributed by atoms with E-state index >= 15 is 0 Å². The number of likely N-dealkylation sites (tertiary alicyclic amines) is 1. The Labute approximate surface area is 235 Å². The molecule has 14 heteroatoms. The van der Waals surface area contributed by atoms with E-state index in [0.717, 1.165) is 31.5 Å². The number of aliphatic carboxylic acids is 2. The number of aliphatic hydroxyl groups is 2. The number of aliphatic hydroxyl groups excluding tert-OH is 2. The number of piperidine rings is 1. The number of halogens is 2. The summed E-state index contributed by atoms with van der Waals surface area (Å²) in [5, 5.41) is 36.0. The van der Waals surface area contributed by atoms with E-state index in [0.29, 0.717) is 85.5 Å². The van der Waals surface area contributed by atoms with Crippen LogP contribution in [0.1, 0.15) is 35.2 Å². The van der Waals surface area contributed by atoms with E-state index in [9.17, 15) is 18.8 Å². The third-order valence-corrected chi connectivity index (χ3v) is 8.39. The number of nitrogens with one attached hydrogen (secondary N) is 1. The van der Waals surface area contributed by atoms with Crippen molar-refractivity contribution < 1.29 is 48.7 Å². The van der Waals surface area contributed by atoms with Crippen LogP contribution in [0.5, 0.6) is 5.75 Å². The Morgan fingerprint density at radius 2 is 1.73 bits per heavy atom. The van der Waals surface area contributed by atoms with Gasteiger partial charge in [-0.05, 0) is 36.7 Å². The van der Waals surface area contributed by atoms with Crippen LogP contribution in [-0.2, 0) is 20.7 Å². The molecule has 40 heavy (non-hydrogen) atoms. The lowest BCUT2D eigenvalue weighted by Gasteiger charge is -2.34. The number of hydrogen-bond acceptors (Lipinski definition) is 9. The van der Waals surface area contributed by atoms with Gasteiger partial charge in [-0.15, -0.1) is 0 Å². The van der Waals surface area contributed by atoms with Crippen LogP contribution < -0.4 is 15.8 Å². The second-order valence-corrected chi connectivity index (χ2v) is 11.2. The van der Waals surface area contributed by atoms with Crippen molar-refractivity contribution in [2.24, 2.45) is 17.8 Å². The van der Waals surface area contributed by atoms with Crippen molar-refractivity contribution in [3.05, 3.63) is 22.2 Å². The van der Waals surface area contributed by atoms with E-state index in [1.165, 1.54) is 0 Å². The molecular formula is C26H35ClFN3O9. The van der Waals surface area contributed by atoms with Crippen molar-refractivity contribution in [1.82, 2.24) is 10.2 Å². The van der Waals surface area contributed by atoms with Crippen LogP contribution in [0.25, 0.3) is 0 Å². The molecule has 1 aromatic carbocycles. The average molecular weight is 588 g/mol. The predicted octanol–water partition coefficient (Wildman–Crippen LogP) is 0.551. The number of nitrogens with two attached hydrogens (primary N) is 1. The molecule has 0 bridgehead atoms. The molecule has 1 aromatic rings. The molecule has 2 unspecified atom stereocenters. The molecule has 3 heterocycles. The fourth-order valence-electron chi connectivity index (χ4n) is 5.74. The number of amides is 1. The van der Waals surface area contributed by atoms with E-state index in [-0.39, 0.29) is 5.91 Å². The van der Waals surface area contributed by atoms with Gasteiger partial charge in [0.1, 0.15) is 11.4 Å².